The molecule has 5 heteroatoms. The molecule has 1 heterocycles. The summed E-state index contributed by atoms with van der Waals surface area (Å²) in [5, 5.41) is 10.6. The average Bonchev–Trinajstić information content (AvgIpc) is 3.01. The molecule has 0 saturated carbocycles. The fourth-order valence-corrected chi connectivity index (χ4v) is 1.84. The lowest BCUT2D eigenvalue weighted by Gasteiger charge is -2.15. The van der Waals surface area contributed by atoms with Crippen LogP contribution in [0.3, 0.4) is 0 Å². The van der Waals surface area contributed by atoms with E-state index in [0.29, 0.717) is 12.6 Å². The van der Waals surface area contributed by atoms with E-state index in [1.54, 1.807) is 7.05 Å². The van der Waals surface area contributed by atoms with Crippen LogP contribution in [0.5, 0.6) is 0 Å². The van der Waals surface area contributed by atoms with Gasteiger partial charge < -0.3 is 15.2 Å². The van der Waals surface area contributed by atoms with Gasteiger partial charge in [-0.25, -0.2) is 0 Å². The van der Waals surface area contributed by atoms with E-state index in [1.165, 1.54) is 0 Å². The molecule has 1 aromatic carbocycles. The molecule has 5 nitrogen and oxygen atoms in total. The highest BCUT2D eigenvalue weighted by Gasteiger charge is 2.08. The van der Waals surface area contributed by atoms with Crippen LogP contribution in [0.15, 0.2) is 45.9 Å². The third kappa shape index (κ3) is 4.34. The largest absolute Gasteiger partial charge is 0.356 e. The maximum absolute atomic E-state index is 5.37. The molecule has 0 saturated heterocycles. The molecule has 2 N–H and O–H groups in total. The molecule has 2 aromatic rings. The van der Waals surface area contributed by atoms with E-state index in [1.807, 2.05) is 36.4 Å². The Morgan fingerprint density at radius 3 is 2.76 bits per heavy atom. The SMILES string of the molecule is CCC(C)NC(=NC)NCc1cc(-c2ccccc2)on1. The summed E-state index contributed by atoms with van der Waals surface area (Å²) in [7, 11) is 1.76. The first-order valence-corrected chi connectivity index (χ1v) is 7.21. The Bertz CT molecular complexity index is 577. The van der Waals surface area contributed by atoms with Gasteiger partial charge in [0.25, 0.3) is 0 Å². The van der Waals surface area contributed by atoms with Gasteiger partial charge in [0, 0.05) is 24.7 Å². The number of hydrogen-bond donors (Lipinski definition) is 2. The van der Waals surface area contributed by atoms with Crippen molar-refractivity contribution in [2.75, 3.05) is 7.05 Å². The van der Waals surface area contributed by atoms with Crippen molar-refractivity contribution in [1.29, 1.82) is 0 Å². The second-order valence-electron chi connectivity index (χ2n) is 4.93. The number of benzene rings is 1. The molecule has 0 spiro atoms. The number of hydrogen-bond acceptors (Lipinski definition) is 3. The highest BCUT2D eigenvalue weighted by Crippen LogP contribution is 2.19. The van der Waals surface area contributed by atoms with Crippen LogP contribution < -0.4 is 10.6 Å². The van der Waals surface area contributed by atoms with E-state index in [-0.39, 0.29) is 0 Å². The van der Waals surface area contributed by atoms with Crippen molar-refractivity contribution in [3.8, 4) is 11.3 Å². The second kappa shape index (κ2) is 7.47. The molecule has 1 aromatic heterocycles. The first-order valence-electron chi connectivity index (χ1n) is 7.21. The summed E-state index contributed by atoms with van der Waals surface area (Å²) in [6, 6.07) is 12.3. The number of nitrogens with one attached hydrogen (secondary N) is 2. The average molecular weight is 286 g/mol. The summed E-state index contributed by atoms with van der Waals surface area (Å²) in [6.45, 7) is 4.83. The predicted molar refractivity (Wildman–Crippen MR) is 85.0 cm³/mol. The highest BCUT2D eigenvalue weighted by atomic mass is 16.5. The minimum Gasteiger partial charge on any atom is -0.356 e. The van der Waals surface area contributed by atoms with Gasteiger partial charge in [-0.2, -0.15) is 0 Å². The Hall–Kier alpha value is -2.30. The topological polar surface area (TPSA) is 62.5 Å². The highest BCUT2D eigenvalue weighted by molar-refractivity contribution is 5.79. The number of nitrogens with zero attached hydrogens (tertiary/aromatic N) is 2. The molecular formula is C16H22N4O. The molecule has 0 bridgehead atoms. The van der Waals surface area contributed by atoms with Crippen LogP contribution >= 0.6 is 0 Å². The van der Waals surface area contributed by atoms with Gasteiger partial charge >= 0.3 is 0 Å². The molecular weight excluding hydrogens is 264 g/mol. The van der Waals surface area contributed by atoms with E-state index in [0.717, 1.165) is 29.4 Å². The predicted octanol–water partition coefficient (Wildman–Crippen LogP) is 2.81. The summed E-state index contributed by atoms with van der Waals surface area (Å²) >= 11 is 0. The van der Waals surface area contributed by atoms with Crippen LogP contribution in [0.25, 0.3) is 11.3 Å². The summed E-state index contributed by atoms with van der Waals surface area (Å²) in [4.78, 5) is 4.19. The number of aromatic nitrogens is 1. The van der Waals surface area contributed by atoms with Crippen molar-refractivity contribution in [2.24, 2.45) is 4.99 Å². The Kier molecular flexibility index (Phi) is 5.37. The molecule has 0 fully saturated rings. The van der Waals surface area contributed by atoms with E-state index in [4.69, 9.17) is 4.52 Å². The van der Waals surface area contributed by atoms with E-state index in [9.17, 15) is 0 Å². The molecule has 1 unspecified atom stereocenters. The minimum absolute atomic E-state index is 0.383. The Morgan fingerprint density at radius 2 is 2.10 bits per heavy atom. The van der Waals surface area contributed by atoms with Gasteiger partial charge in [0.05, 0.1) is 6.54 Å². The fourth-order valence-electron chi connectivity index (χ4n) is 1.84. The van der Waals surface area contributed by atoms with Crippen molar-refractivity contribution in [1.82, 2.24) is 15.8 Å². The molecule has 0 aliphatic rings. The fraction of sp³-hybridized carbons (Fsp3) is 0.375. The number of aliphatic imine (C=N–C) groups is 1. The van der Waals surface area contributed by atoms with Gasteiger partial charge in [0.1, 0.15) is 5.69 Å². The molecule has 2 rings (SSSR count). The van der Waals surface area contributed by atoms with E-state index >= 15 is 0 Å². The van der Waals surface area contributed by atoms with Crippen LogP contribution in [-0.2, 0) is 6.54 Å². The molecule has 0 radical (unpaired) electrons. The lowest BCUT2D eigenvalue weighted by molar-refractivity contribution is 0.422. The van der Waals surface area contributed by atoms with E-state index in [2.05, 4.69) is 34.6 Å². The molecule has 1 atom stereocenters. The number of guanidine groups is 1. The van der Waals surface area contributed by atoms with Gasteiger partial charge in [0.2, 0.25) is 0 Å². The van der Waals surface area contributed by atoms with Crippen LogP contribution in [0, 0.1) is 0 Å². The molecule has 0 aliphatic heterocycles. The zero-order valence-corrected chi connectivity index (χ0v) is 12.8. The van der Waals surface area contributed by atoms with Crippen LogP contribution in [0.1, 0.15) is 26.0 Å². The summed E-state index contributed by atoms with van der Waals surface area (Å²) in [5.74, 6) is 1.55. The molecule has 0 aliphatic carbocycles. The molecule has 21 heavy (non-hydrogen) atoms. The van der Waals surface area contributed by atoms with Crippen LogP contribution in [-0.4, -0.2) is 24.2 Å². The lowest BCUT2D eigenvalue weighted by atomic mass is 10.2. The zero-order valence-electron chi connectivity index (χ0n) is 12.8. The minimum atomic E-state index is 0.383. The maximum atomic E-state index is 5.37. The summed E-state index contributed by atoms with van der Waals surface area (Å²) in [5.41, 5.74) is 1.87. The van der Waals surface area contributed by atoms with Crippen molar-refractivity contribution >= 4 is 5.96 Å². The van der Waals surface area contributed by atoms with Crippen LogP contribution in [0.4, 0.5) is 0 Å². The van der Waals surface area contributed by atoms with Crippen molar-refractivity contribution in [2.45, 2.75) is 32.9 Å². The monoisotopic (exact) mass is 286 g/mol. The Labute approximate surface area is 125 Å². The van der Waals surface area contributed by atoms with Gasteiger partial charge in [-0.05, 0) is 13.3 Å². The lowest BCUT2D eigenvalue weighted by Crippen LogP contribution is -2.41. The quantitative estimate of drug-likeness (QED) is 0.655. The maximum Gasteiger partial charge on any atom is 0.191 e. The van der Waals surface area contributed by atoms with Gasteiger partial charge in [0.15, 0.2) is 11.7 Å². The summed E-state index contributed by atoms with van der Waals surface area (Å²) in [6.07, 6.45) is 1.04. The van der Waals surface area contributed by atoms with E-state index < -0.39 is 0 Å². The first-order chi connectivity index (χ1) is 10.2. The normalized spacial score (nSPS) is 13.0. The zero-order chi connectivity index (χ0) is 15.1. The van der Waals surface area contributed by atoms with Gasteiger partial charge in [-0.1, -0.05) is 42.4 Å². The second-order valence-corrected chi connectivity index (χ2v) is 4.93. The van der Waals surface area contributed by atoms with Crippen molar-refractivity contribution in [3.63, 3.8) is 0 Å². The van der Waals surface area contributed by atoms with Gasteiger partial charge in [-0.15, -0.1) is 0 Å². The third-order valence-electron chi connectivity index (χ3n) is 3.27. The van der Waals surface area contributed by atoms with Crippen molar-refractivity contribution < 1.29 is 4.52 Å². The third-order valence-corrected chi connectivity index (χ3v) is 3.27. The van der Waals surface area contributed by atoms with Crippen LogP contribution in [0.2, 0.25) is 0 Å². The first kappa shape index (κ1) is 15.1. The number of rotatable bonds is 5. The Balaban J connectivity index is 1.94. The van der Waals surface area contributed by atoms with Crippen molar-refractivity contribution in [3.05, 3.63) is 42.1 Å². The summed E-state index contributed by atoms with van der Waals surface area (Å²) < 4.78 is 5.37. The van der Waals surface area contributed by atoms with Gasteiger partial charge in [-0.3, -0.25) is 4.99 Å². The Morgan fingerprint density at radius 1 is 1.33 bits per heavy atom. The smallest absolute Gasteiger partial charge is 0.191 e. The molecule has 0 amide bonds. The molecule has 112 valence electrons. The standard InChI is InChI=1S/C16H22N4O/c1-4-12(2)19-16(17-3)18-11-14-10-15(21-20-14)13-8-6-5-7-9-13/h5-10,12H,4,11H2,1-3H3,(H2,17,18,19).